The van der Waals surface area contributed by atoms with E-state index in [2.05, 4.69) is 10.6 Å². The molecule has 1 saturated carbocycles. The van der Waals surface area contributed by atoms with Crippen molar-refractivity contribution in [3.8, 4) is 0 Å². The average molecular weight is 369 g/mol. The Labute approximate surface area is 158 Å². The van der Waals surface area contributed by atoms with Crippen molar-refractivity contribution in [2.24, 2.45) is 0 Å². The molecule has 0 radical (unpaired) electrons. The molecule has 1 aromatic carbocycles. The summed E-state index contributed by atoms with van der Waals surface area (Å²) in [6.45, 7) is 0. The third kappa shape index (κ3) is 3.98. The minimum atomic E-state index is -0.117. The van der Waals surface area contributed by atoms with Crippen LogP contribution in [-0.2, 0) is 12.8 Å². The highest BCUT2D eigenvalue weighted by Crippen LogP contribution is 2.29. The van der Waals surface area contributed by atoms with E-state index in [1.165, 1.54) is 36.1 Å². The fourth-order valence-electron chi connectivity index (χ4n) is 3.42. The Bertz CT molecular complexity index is 798. The van der Waals surface area contributed by atoms with Crippen LogP contribution in [0.15, 0.2) is 30.3 Å². The van der Waals surface area contributed by atoms with Crippen LogP contribution in [0.1, 0.15) is 69.0 Å². The molecule has 2 aliphatic carbocycles. The van der Waals surface area contributed by atoms with Crippen LogP contribution < -0.4 is 10.6 Å². The van der Waals surface area contributed by atoms with Gasteiger partial charge in [-0.25, -0.2) is 0 Å². The van der Waals surface area contributed by atoms with E-state index >= 15 is 0 Å². The van der Waals surface area contributed by atoms with Gasteiger partial charge in [-0.15, -0.1) is 11.3 Å². The first-order valence-corrected chi connectivity index (χ1v) is 10.3. The third-order valence-electron chi connectivity index (χ3n) is 5.05. The van der Waals surface area contributed by atoms with Gasteiger partial charge in [0.25, 0.3) is 11.8 Å². The van der Waals surface area contributed by atoms with E-state index < -0.39 is 0 Å². The summed E-state index contributed by atoms with van der Waals surface area (Å²) in [5.74, 6) is -0.227. The van der Waals surface area contributed by atoms with Crippen molar-refractivity contribution in [2.75, 3.05) is 5.32 Å². The number of hydrogen-bond donors (Lipinski definition) is 2. The van der Waals surface area contributed by atoms with Crippen LogP contribution in [0.5, 0.6) is 0 Å². The number of benzene rings is 1. The molecule has 4 rings (SSSR count). The van der Waals surface area contributed by atoms with Crippen LogP contribution in [0.3, 0.4) is 0 Å². The molecule has 2 aliphatic rings. The molecule has 2 amide bonds. The Morgan fingerprint density at radius 1 is 0.962 bits per heavy atom. The first kappa shape index (κ1) is 17.3. The minimum absolute atomic E-state index is 0.109. The summed E-state index contributed by atoms with van der Waals surface area (Å²) in [4.78, 5) is 27.3. The lowest BCUT2D eigenvalue weighted by Gasteiger charge is -2.10. The Morgan fingerprint density at radius 2 is 1.73 bits per heavy atom. The number of carbonyl (C=O) groups excluding carboxylic acids is 2. The molecule has 0 saturated heterocycles. The second kappa shape index (κ2) is 7.62. The summed E-state index contributed by atoms with van der Waals surface area (Å²) in [6.07, 6.45) is 9.20. The van der Waals surface area contributed by atoms with Crippen LogP contribution in [-0.4, -0.2) is 17.9 Å². The van der Waals surface area contributed by atoms with Crippen molar-refractivity contribution in [1.82, 2.24) is 5.32 Å². The largest absolute Gasteiger partial charge is 0.349 e. The normalized spacial score (nSPS) is 16.9. The zero-order valence-electron chi connectivity index (χ0n) is 14.8. The van der Waals surface area contributed by atoms with Gasteiger partial charge in [0.1, 0.15) is 0 Å². The number of hydrogen-bond acceptors (Lipinski definition) is 3. The maximum absolute atomic E-state index is 12.8. The van der Waals surface area contributed by atoms with Gasteiger partial charge in [0.2, 0.25) is 0 Å². The Morgan fingerprint density at radius 3 is 2.54 bits per heavy atom. The lowest BCUT2D eigenvalue weighted by Crippen LogP contribution is -2.26. The maximum Gasteiger partial charge on any atom is 0.265 e. The first-order chi connectivity index (χ1) is 12.7. The van der Waals surface area contributed by atoms with Crippen LogP contribution in [0, 0.1) is 0 Å². The summed E-state index contributed by atoms with van der Waals surface area (Å²) in [5.41, 5.74) is 2.44. The number of rotatable bonds is 4. The fraction of sp³-hybridized carbons (Fsp3) is 0.429. The first-order valence-electron chi connectivity index (χ1n) is 9.53. The van der Waals surface area contributed by atoms with E-state index in [9.17, 15) is 9.59 Å². The molecule has 136 valence electrons. The molecular formula is C21H24N2O2S. The van der Waals surface area contributed by atoms with Crippen LogP contribution in [0.4, 0.5) is 5.69 Å². The zero-order chi connectivity index (χ0) is 17.9. The summed E-state index contributed by atoms with van der Waals surface area (Å²) in [7, 11) is 0. The highest BCUT2D eigenvalue weighted by Gasteiger charge is 2.25. The minimum Gasteiger partial charge on any atom is -0.349 e. The quantitative estimate of drug-likeness (QED) is 0.832. The number of aryl methyl sites for hydroxylation is 2. The number of amides is 2. The molecule has 2 aromatic rings. The van der Waals surface area contributed by atoms with Crippen molar-refractivity contribution in [3.05, 3.63) is 51.2 Å². The molecule has 4 nitrogen and oxygen atoms in total. The summed E-state index contributed by atoms with van der Waals surface area (Å²) < 4.78 is 0. The van der Waals surface area contributed by atoms with E-state index in [4.69, 9.17) is 0 Å². The van der Waals surface area contributed by atoms with Crippen molar-refractivity contribution in [2.45, 2.75) is 57.4 Å². The molecule has 0 atom stereocenters. The molecule has 0 unspecified atom stereocenters. The van der Waals surface area contributed by atoms with Gasteiger partial charge in [-0.2, -0.15) is 0 Å². The van der Waals surface area contributed by atoms with E-state index in [1.54, 1.807) is 23.5 Å². The monoisotopic (exact) mass is 368 g/mol. The van der Waals surface area contributed by atoms with E-state index in [1.807, 2.05) is 18.2 Å². The van der Waals surface area contributed by atoms with Gasteiger partial charge in [0.05, 0.1) is 16.1 Å². The zero-order valence-corrected chi connectivity index (χ0v) is 15.7. The van der Waals surface area contributed by atoms with Crippen molar-refractivity contribution in [1.29, 1.82) is 0 Å². The van der Waals surface area contributed by atoms with Crippen LogP contribution in [0.25, 0.3) is 0 Å². The van der Waals surface area contributed by atoms with E-state index in [0.717, 1.165) is 30.6 Å². The highest BCUT2D eigenvalue weighted by molar-refractivity contribution is 7.14. The number of carbonyl (C=O) groups is 2. The van der Waals surface area contributed by atoms with Crippen molar-refractivity contribution >= 4 is 28.8 Å². The standard InChI is InChI=1S/C21H24N2O2S/c24-20(22-15-11-12-15)16-8-5-6-9-17(16)23-21(25)19-13-14-7-3-1-2-4-10-18(14)26-19/h5-6,8-9,13,15H,1-4,7,10-12H2,(H,22,24)(H,23,25). The molecule has 0 spiro atoms. The average Bonchev–Trinajstić information content (AvgIpc) is 3.34. The lowest BCUT2D eigenvalue weighted by molar-refractivity contribution is 0.0952. The number of thiophene rings is 1. The van der Waals surface area contributed by atoms with Gasteiger partial charge < -0.3 is 10.6 Å². The van der Waals surface area contributed by atoms with E-state index in [0.29, 0.717) is 17.3 Å². The summed E-state index contributed by atoms with van der Waals surface area (Å²) in [5, 5.41) is 5.94. The highest BCUT2D eigenvalue weighted by atomic mass is 32.1. The predicted octanol–water partition coefficient (Wildman–Crippen LogP) is 4.55. The molecule has 0 bridgehead atoms. The molecule has 26 heavy (non-hydrogen) atoms. The van der Waals surface area contributed by atoms with Gasteiger partial charge in [0.15, 0.2) is 0 Å². The third-order valence-corrected chi connectivity index (χ3v) is 6.29. The fourth-order valence-corrected chi connectivity index (χ4v) is 4.57. The Kier molecular flexibility index (Phi) is 5.07. The number of anilines is 1. The molecule has 2 N–H and O–H groups in total. The van der Waals surface area contributed by atoms with Gasteiger partial charge in [0, 0.05) is 10.9 Å². The van der Waals surface area contributed by atoms with Gasteiger partial charge in [-0.05, 0) is 62.3 Å². The summed E-state index contributed by atoms with van der Waals surface area (Å²) in [6, 6.07) is 9.58. The van der Waals surface area contributed by atoms with Crippen molar-refractivity contribution in [3.63, 3.8) is 0 Å². The molecule has 5 heteroatoms. The van der Waals surface area contributed by atoms with Gasteiger partial charge in [-0.1, -0.05) is 25.0 Å². The smallest absolute Gasteiger partial charge is 0.265 e. The van der Waals surface area contributed by atoms with Crippen LogP contribution >= 0.6 is 11.3 Å². The molecular weight excluding hydrogens is 344 g/mol. The molecule has 1 aromatic heterocycles. The van der Waals surface area contributed by atoms with E-state index in [-0.39, 0.29) is 11.8 Å². The van der Waals surface area contributed by atoms with Gasteiger partial charge >= 0.3 is 0 Å². The second-order valence-corrected chi connectivity index (χ2v) is 8.36. The summed E-state index contributed by atoms with van der Waals surface area (Å²) >= 11 is 1.61. The van der Waals surface area contributed by atoms with Crippen LogP contribution in [0.2, 0.25) is 0 Å². The SMILES string of the molecule is O=C(Nc1ccccc1C(=O)NC1CC1)c1cc2c(s1)CCCCCC2. The number of fused-ring (bicyclic) bond motifs is 1. The molecule has 1 heterocycles. The molecule has 1 fully saturated rings. The Balaban J connectivity index is 1.51. The lowest BCUT2D eigenvalue weighted by atomic mass is 10.00. The topological polar surface area (TPSA) is 58.2 Å². The molecule has 0 aliphatic heterocycles. The van der Waals surface area contributed by atoms with Gasteiger partial charge in [-0.3, -0.25) is 9.59 Å². The van der Waals surface area contributed by atoms with Crippen molar-refractivity contribution < 1.29 is 9.59 Å². The maximum atomic E-state index is 12.8. The second-order valence-electron chi connectivity index (χ2n) is 7.22. The predicted molar refractivity (Wildman–Crippen MR) is 105 cm³/mol. The number of para-hydroxylation sites is 1. The Hall–Kier alpha value is -2.14. The number of nitrogens with one attached hydrogen (secondary N) is 2.